The normalized spacial score (nSPS) is 15.8. The van der Waals surface area contributed by atoms with Gasteiger partial charge in [-0.05, 0) is 50.6 Å². The van der Waals surface area contributed by atoms with Crippen molar-refractivity contribution in [3.63, 3.8) is 0 Å². The van der Waals surface area contributed by atoms with Crippen LogP contribution >= 0.6 is 0 Å². The lowest BCUT2D eigenvalue weighted by Gasteiger charge is -2.28. The van der Waals surface area contributed by atoms with Gasteiger partial charge in [-0.2, -0.15) is 0 Å². The van der Waals surface area contributed by atoms with Crippen LogP contribution in [0, 0.1) is 6.92 Å². The first kappa shape index (κ1) is 17.3. The average Bonchev–Trinajstić information content (AvgIpc) is 3.27. The summed E-state index contributed by atoms with van der Waals surface area (Å²) in [5.41, 5.74) is 1.86. The molecule has 1 saturated heterocycles. The van der Waals surface area contributed by atoms with Crippen molar-refractivity contribution in [3.8, 4) is 5.75 Å². The standard InChI is InChI=1S/C18H24N4O3/c1-13-10-17(25-21-13)20-18(23)19-12-16(22-8-3-4-9-22)14-6-5-7-15(11-14)24-2/h5-7,10-11,16H,3-4,8-9,12H2,1-2H3,(H2,19,20,23)/t16-/m1/s1. The average molecular weight is 344 g/mol. The minimum absolute atomic E-state index is 0.111. The Morgan fingerprint density at radius 2 is 2.16 bits per heavy atom. The van der Waals surface area contributed by atoms with Gasteiger partial charge in [-0.25, -0.2) is 4.79 Å². The van der Waals surface area contributed by atoms with E-state index in [-0.39, 0.29) is 12.1 Å². The number of carbonyl (C=O) groups excluding carboxylic acids is 1. The van der Waals surface area contributed by atoms with E-state index < -0.39 is 0 Å². The zero-order valence-electron chi connectivity index (χ0n) is 14.6. The number of hydrogen-bond donors (Lipinski definition) is 2. The number of amides is 2. The molecule has 3 rings (SSSR count). The van der Waals surface area contributed by atoms with Crippen molar-refractivity contribution < 1.29 is 14.1 Å². The molecule has 2 amide bonds. The van der Waals surface area contributed by atoms with Crippen LogP contribution in [-0.4, -0.2) is 42.8 Å². The van der Waals surface area contributed by atoms with Crippen LogP contribution in [0.25, 0.3) is 0 Å². The number of nitrogens with zero attached hydrogens (tertiary/aromatic N) is 2. The molecule has 2 aromatic rings. The van der Waals surface area contributed by atoms with Gasteiger partial charge >= 0.3 is 6.03 Å². The summed E-state index contributed by atoms with van der Waals surface area (Å²) in [5, 5.41) is 9.35. The van der Waals surface area contributed by atoms with Gasteiger partial charge in [-0.15, -0.1) is 0 Å². The molecule has 1 fully saturated rings. The largest absolute Gasteiger partial charge is 0.497 e. The molecule has 1 aromatic heterocycles. The molecular formula is C18H24N4O3. The molecule has 0 saturated carbocycles. The zero-order chi connectivity index (χ0) is 17.6. The minimum atomic E-state index is -0.303. The molecule has 1 aliphatic rings. The third-order valence-electron chi connectivity index (χ3n) is 4.38. The smallest absolute Gasteiger partial charge is 0.321 e. The number of likely N-dealkylation sites (tertiary alicyclic amines) is 1. The SMILES string of the molecule is COc1cccc([C@@H](CNC(=O)Nc2cc(C)no2)N2CCCC2)c1. The van der Waals surface area contributed by atoms with Crippen molar-refractivity contribution in [1.82, 2.24) is 15.4 Å². The van der Waals surface area contributed by atoms with E-state index in [1.807, 2.05) is 18.2 Å². The van der Waals surface area contributed by atoms with Gasteiger partial charge < -0.3 is 14.6 Å². The van der Waals surface area contributed by atoms with Crippen molar-refractivity contribution in [2.24, 2.45) is 0 Å². The van der Waals surface area contributed by atoms with Crippen LogP contribution in [0.1, 0.15) is 30.1 Å². The molecule has 0 unspecified atom stereocenters. The monoisotopic (exact) mass is 344 g/mol. The number of anilines is 1. The molecule has 134 valence electrons. The number of nitrogens with one attached hydrogen (secondary N) is 2. The van der Waals surface area contributed by atoms with E-state index in [9.17, 15) is 4.79 Å². The summed E-state index contributed by atoms with van der Waals surface area (Å²) < 4.78 is 10.3. The van der Waals surface area contributed by atoms with Crippen LogP contribution < -0.4 is 15.4 Å². The second-order valence-electron chi connectivity index (χ2n) is 6.20. The molecule has 0 bridgehead atoms. The molecule has 1 aliphatic heterocycles. The Morgan fingerprint density at radius 1 is 1.36 bits per heavy atom. The van der Waals surface area contributed by atoms with E-state index in [0.717, 1.165) is 30.1 Å². The van der Waals surface area contributed by atoms with Crippen LogP contribution in [0.5, 0.6) is 5.75 Å². The number of rotatable bonds is 6. The van der Waals surface area contributed by atoms with E-state index in [1.54, 1.807) is 20.1 Å². The summed E-state index contributed by atoms with van der Waals surface area (Å²) in [7, 11) is 1.66. The maximum atomic E-state index is 12.1. The lowest BCUT2D eigenvalue weighted by Crippen LogP contribution is -2.38. The van der Waals surface area contributed by atoms with Crippen molar-refractivity contribution in [2.75, 3.05) is 32.1 Å². The van der Waals surface area contributed by atoms with Crippen molar-refractivity contribution >= 4 is 11.9 Å². The van der Waals surface area contributed by atoms with Crippen LogP contribution in [0.15, 0.2) is 34.9 Å². The first-order valence-corrected chi connectivity index (χ1v) is 8.52. The van der Waals surface area contributed by atoms with E-state index in [0.29, 0.717) is 12.4 Å². The zero-order valence-corrected chi connectivity index (χ0v) is 14.6. The number of methoxy groups -OCH3 is 1. The number of carbonyl (C=O) groups is 1. The quantitative estimate of drug-likeness (QED) is 0.842. The molecule has 0 spiro atoms. The Kier molecular flexibility index (Phi) is 5.55. The van der Waals surface area contributed by atoms with Gasteiger partial charge in [-0.3, -0.25) is 10.2 Å². The Labute approximate surface area is 147 Å². The highest BCUT2D eigenvalue weighted by atomic mass is 16.5. The molecule has 7 nitrogen and oxygen atoms in total. The topological polar surface area (TPSA) is 79.6 Å². The van der Waals surface area contributed by atoms with Crippen molar-refractivity contribution in [1.29, 1.82) is 0 Å². The lowest BCUT2D eigenvalue weighted by molar-refractivity contribution is 0.227. The van der Waals surface area contributed by atoms with Gasteiger partial charge in [-0.1, -0.05) is 17.3 Å². The van der Waals surface area contributed by atoms with E-state index in [4.69, 9.17) is 9.26 Å². The number of ether oxygens (including phenoxy) is 1. The maximum Gasteiger partial charge on any atom is 0.321 e. The van der Waals surface area contributed by atoms with Gasteiger partial charge in [0.15, 0.2) is 0 Å². The van der Waals surface area contributed by atoms with E-state index in [2.05, 4.69) is 26.8 Å². The first-order chi connectivity index (χ1) is 12.2. The number of aryl methyl sites for hydroxylation is 1. The number of urea groups is 1. The Balaban J connectivity index is 1.66. The van der Waals surface area contributed by atoms with E-state index >= 15 is 0 Å². The van der Waals surface area contributed by atoms with Gasteiger partial charge in [0.25, 0.3) is 0 Å². The molecule has 0 radical (unpaired) electrons. The Bertz CT molecular complexity index is 710. The predicted octanol–water partition coefficient (Wildman–Crippen LogP) is 2.95. The maximum absolute atomic E-state index is 12.1. The summed E-state index contributed by atoms with van der Waals surface area (Å²) in [4.78, 5) is 14.5. The number of aromatic nitrogens is 1. The highest BCUT2D eigenvalue weighted by molar-refractivity contribution is 5.87. The molecule has 2 heterocycles. The predicted molar refractivity (Wildman–Crippen MR) is 94.8 cm³/mol. The summed E-state index contributed by atoms with van der Waals surface area (Å²) in [6, 6.07) is 9.50. The second kappa shape index (κ2) is 8.02. The highest BCUT2D eigenvalue weighted by Crippen LogP contribution is 2.27. The van der Waals surface area contributed by atoms with Crippen LogP contribution in [-0.2, 0) is 0 Å². The molecule has 1 aromatic carbocycles. The Morgan fingerprint density at radius 3 is 2.84 bits per heavy atom. The van der Waals surface area contributed by atoms with Crippen LogP contribution in [0.3, 0.4) is 0 Å². The fraction of sp³-hybridized carbons (Fsp3) is 0.444. The number of hydrogen-bond acceptors (Lipinski definition) is 5. The molecular weight excluding hydrogens is 320 g/mol. The molecule has 25 heavy (non-hydrogen) atoms. The van der Waals surface area contributed by atoms with E-state index in [1.165, 1.54) is 12.8 Å². The minimum Gasteiger partial charge on any atom is -0.497 e. The summed E-state index contributed by atoms with van der Waals surface area (Å²) in [6.45, 7) is 4.38. The van der Waals surface area contributed by atoms with Crippen molar-refractivity contribution in [3.05, 3.63) is 41.6 Å². The molecule has 7 heteroatoms. The van der Waals surface area contributed by atoms with Gasteiger partial charge in [0.2, 0.25) is 5.88 Å². The molecule has 2 N–H and O–H groups in total. The van der Waals surface area contributed by atoms with Gasteiger partial charge in [0.1, 0.15) is 5.75 Å². The fourth-order valence-electron chi connectivity index (χ4n) is 3.13. The summed E-state index contributed by atoms with van der Waals surface area (Å²) in [6.07, 6.45) is 2.37. The molecule has 0 aliphatic carbocycles. The van der Waals surface area contributed by atoms with Crippen LogP contribution in [0.4, 0.5) is 10.7 Å². The lowest BCUT2D eigenvalue weighted by atomic mass is 10.1. The van der Waals surface area contributed by atoms with Gasteiger partial charge in [0.05, 0.1) is 18.8 Å². The number of benzene rings is 1. The highest BCUT2D eigenvalue weighted by Gasteiger charge is 2.24. The van der Waals surface area contributed by atoms with Crippen molar-refractivity contribution in [2.45, 2.75) is 25.8 Å². The first-order valence-electron chi connectivity index (χ1n) is 8.52. The fourth-order valence-corrected chi connectivity index (χ4v) is 3.13. The third-order valence-corrected chi connectivity index (χ3v) is 4.38. The van der Waals surface area contributed by atoms with Crippen LogP contribution in [0.2, 0.25) is 0 Å². The summed E-state index contributed by atoms with van der Waals surface area (Å²) >= 11 is 0. The van der Waals surface area contributed by atoms with Gasteiger partial charge in [0, 0.05) is 12.6 Å². The Hall–Kier alpha value is -2.54. The third kappa shape index (κ3) is 4.51. The second-order valence-corrected chi connectivity index (χ2v) is 6.20. The summed E-state index contributed by atoms with van der Waals surface area (Å²) in [5.74, 6) is 1.16. The molecule has 1 atom stereocenters.